The third-order valence-corrected chi connectivity index (χ3v) is 4.77. The number of hydrogen-bond acceptors (Lipinski definition) is 4. The number of aromatic nitrogens is 2. The molecule has 1 atom stereocenters. The van der Waals surface area contributed by atoms with Gasteiger partial charge < -0.3 is 15.0 Å². The Balaban J connectivity index is 1.62. The molecule has 2 N–H and O–H groups in total. The lowest BCUT2D eigenvalue weighted by Gasteiger charge is -2.21. The van der Waals surface area contributed by atoms with Gasteiger partial charge in [-0.15, -0.1) is 0 Å². The standard InChI is InChI=1S/C15H17N3O2S/c19-14(17-10-15(20)5-8-21-11-15)12-3-4-13(16-9-12)18-6-1-2-7-18/h1-4,6-7,9,20H,5,8,10-11H2,(H,17,19). The first-order valence-electron chi connectivity index (χ1n) is 6.84. The van der Waals surface area contributed by atoms with Crippen LogP contribution in [0.4, 0.5) is 0 Å². The summed E-state index contributed by atoms with van der Waals surface area (Å²) in [4.78, 5) is 16.3. The minimum absolute atomic E-state index is 0.202. The molecule has 1 fully saturated rings. The van der Waals surface area contributed by atoms with E-state index in [1.807, 2.05) is 29.1 Å². The van der Waals surface area contributed by atoms with E-state index in [1.54, 1.807) is 30.1 Å². The van der Waals surface area contributed by atoms with Crippen LogP contribution in [0.3, 0.4) is 0 Å². The van der Waals surface area contributed by atoms with Crippen LogP contribution in [-0.2, 0) is 0 Å². The molecule has 0 saturated carbocycles. The monoisotopic (exact) mass is 303 g/mol. The molecule has 0 spiro atoms. The predicted octanol–water partition coefficient (Wildman–Crippen LogP) is 1.47. The zero-order chi connectivity index (χ0) is 14.7. The van der Waals surface area contributed by atoms with Crippen LogP contribution in [0.15, 0.2) is 42.9 Å². The number of aliphatic hydroxyl groups is 1. The van der Waals surface area contributed by atoms with Gasteiger partial charge in [0.2, 0.25) is 0 Å². The Morgan fingerprint density at radius 3 is 2.86 bits per heavy atom. The maximum atomic E-state index is 12.1. The third kappa shape index (κ3) is 3.28. The van der Waals surface area contributed by atoms with E-state index in [1.165, 1.54) is 0 Å². The minimum atomic E-state index is -0.765. The average molecular weight is 303 g/mol. The van der Waals surface area contributed by atoms with Gasteiger partial charge >= 0.3 is 0 Å². The van der Waals surface area contributed by atoms with Crippen molar-refractivity contribution in [2.24, 2.45) is 0 Å². The van der Waals surface area contributed by atoms with Gasteiger partial charge in [0, 0.05) is 30.9 Å². The van der Waals surface area contributed by atoms with Gasteiger partial charge in [0.1, 0.15) is 5.82 Å². The average Bonchev–Trinajstić information content (AvgIpc) is 3.17. The molecule has 2 aromatic heterocycles. The van der Waals surface area contributed by atoms with Crippen molar-refractivity contribution in [3.05, 3.63) is 48.4 Å². The molecule has 21 heavy (non-hydrogen) atoms. The van der Waals surface area contributed by atoms with Crippen LogP contribution in [0.1, 0.15) is 16.8 Å². The summed E-state index contributed by atoms with van der Waals surface area (Å²) in [5.41, 5.74) is -0.265. The molecule has 3 heterocycles. The van der Waals surface area contributed by atoms with E-state index in [-0.39, 0.29) is 12.5 Å². The zero-order valence-electron chi connectivity index (χ0n) is 11.5. The number of amides is 1. The summed E-state index contributed by atoms with van der Waals surface area (Å²) in [6.07, 6.45) is 6.07. The quantitative estimate of drug-likeness (QED) is 0.897. The molecule has 0 aromatic carbocycles. The number of carbonyl (C=O) groups is 1. The van der Waals surface area contributed by atoms with Crippen molar-refractivity contribution >= 4 is 17.7 Å². The number of pyridine rings is 1. The van der Waals surface area contributed by atoms with Crippen molar-refractivity contribution in [2.45, 2.75) is 12.0 Å². The van der Waals surface area contributed by atoms with Gasteiger partial charge in [-0.1, -0.05) is 0 Å². The Morgan fingerprint density at radius 2 is 2.24 bits per heavy atom. The lowest BCUT2D eigenvalue weighted by atomic mass is 10.0. The molecule has 5 nitrogen and oxygen atoms in total. The van der Waals surface area contributed by atoms with E-state index >= 15 is 0 Å². The van der Waals surface area contributed by atoms with Gasteiger partial charge in [-0.05, 0) is 36.4 Å². The van der Waals surface area contributed by atoms with E-state index in [0.717, 1.165) is 18.0 Å². The van der Waals surface area contributed by atoms with E-state index in [2.05, 4.69) is 10.3 Å². The number of rotatable bonds is 4. The van der Waals surface area contributed by atoms with E-state index < -0.39 is 5.60 Å². The van der Waals surface area contributed by atoms with Crippen LogP contribution in [0.25, 0.3) is 5.82 Å². The molecule has 2 aromatic rings. The van der Waals surface area contributed by atoms with Gasteiger partial charge in [0.25, 0.3) is 5.91 Å². The SMILES string of the molecule is O=C(NCC1(O)CCSC1)c1ccc(-n2cccc2)nc1. The Kier molecular flexibility index (Phi) is 3.98. The van der Waals surface area contributed by atoms with Crippen molar-refractivity contribution in [1.82, 2.24) is 14.9 Å². The molecule has 1 unspecified atom stereocenters. The molecule has 1 amide bonds. The van der Waals surface area contributed by atoms with E-state index in [9.17, 15) is 9.90 Å². The molecular formula is C15H17N3O2S. The highest BCUT2D eigenvalue weighted by Gasteiger charge is 2.32. The molecule has 3 rings (SSSR count). The Morgan fingerprint density at radius 1 is 1.43 bits per heavy atom. The van der Waals surface area contributed by atoms with Gasteiger partial charge in [-0.2, -0.15) is 11.8 Å². The van der Waals surface area contributed by atoms with Crippen molar-refractivity contribution in [3.63, 3.8) is 0 Å². The highest BCUT2D eigenvalue weighted by atomic mass is 32.2. The van der Waals surface area contributed by atoms with Gasteiger partial charge in [-0.25, -0.2) is 4.98 Å². The van der Waals surface area contributed by atoms with E-state index in [0.29, 0.717) is 11.3 Å². The highest BCUT2D eigenvalue weighted by Crippen LogP contribution is 2.27. The maximum absolute atomic E-state index is 12.1. The second-order valence-electron chi connectivity index (χ2n) is 5.20. The van der Waals surface area contributed by atoms with Gasteiger partial charge in [-0.3, -0.25) is 4.79 Å². The topological polar surface area (TPSA) is 67.2 Å². The smallest absolute Gasteiger partial charge is 0.252 e. The number of carbonyl (C=O) groups excluding carboxylic acids is 1. The normalized spacial score (nSPS) is 21.4. The summed E-state index contributed by atoms with van der Waals surface area (Å²) in [5, 5.41) is 13.0. The summed E-state index contributed by atoms with van der Waals surface area (Å²) in [6.45, 7) is 0.290. The van der Waals surface area contributed by atoms with Crippen molar-refractivity contribution in [2.75, 3.05) is 18.1 Å². The summed E-state index contributed by atoms with van der Waals surface area (Å²) >= 11 is 1.71. The van der Waals surface area contributed by atoms with Crippen molar-refractivity contribution < 1.29 is 9.90 Å². The molecule has 0 bridgehead atoms. The number of hydrogen-bond donors (Lipinski definition) is 2. The first-order chi connectivity index (χ1) is 10.2. The number of thioether (sulfide) groups is 1. The summed E-state index contributed by atoms with van der Waals surface area (Å²) in [6, 6.07) is 7.38. The van der Waals surface area contributed by atoms with Crippen LogP contribution >= 0.6 is 11.8 Å². The molecule has 0 aliphatic carbocycles. The maximum Gasteiger partial charge on any atom is 0.252 e. The number of nitrogens with zero attached hydrogens (tertiary/aromatic N) is 2. The fourth-order valence-corrected chi connectivity index (χ4v) is 3.54. The zero-order valence-corrected chi connectivity index (χ0v) is 12.3. The van der Waals surface area contributed by atoms with Crippen LogP contribution < -0.4 is 5.32 Å². The first-order valence-corrected chi connectivity index (χ1v) is 8.00. The lowest BCUT2D eigenvalue weighted by molar-refractivity contribution is 0.0612. The fraction of sp³-hybridized carbons (Fsp3) is 0.333. The van der Waals surface area contributed by atoms with Crippen LogP contribution in [-0.4, -0.2) is 44.2 Å². The predicted molar refractivity (Wildman–Crippen MR) is 82.8 cm³/mol. The van der Waals surface area contributed by atoms with Crippen molar-refractivity contribution in [1.29, 1.82) is 0 Å². The van der Waals surface area contributed by atoms with Crippen LogP contribution in [0.5, 0.6) is 0 Å². The van der Waals surface area contributed by atoms with Gasteiger partial charge in [0.15, 0.2) is 0 Å². The summed E-state index contributed by atoms with van der Waals surface area (Å²) < 4.78 is 1.88. The molecular weight excluding hydrogens is 286 g/mol. The second-order valence-corrected chi connectivity index (χ2v) is 6.31. The minimum Gasteiger partial charge on any atom is -0.387 e. The molecule has 1 aliphatic heterocycles. The molecule has 6 heteroatoms. The molecule has 1 aliphatic rings. The van der Waals surface area contributed by atoms with Crippen LogP contribution in [0.2, 0.25) is 0 Å². The Hall–Kier alpha value is -1.79. The molecule has 110 valence electrons. The first kappa shape index (κ1) is 14.2. The summed E-state index contributed by atoms with van der Waals surface area (Å²) in [5.74, 6) is 2.19. The van der Waals surface area contributed by atoms with Crippen molar-refractivity contribution in [3.8, 4) is 5.82 Å². The lowest BCUT2D eigenvalue weighted by Crippen LogP contribution is -2.42. The Bertz CT molecular complexity index is 604. The van der Waals surface area contributed by atoms with E-state index in [4.69, 9.17) is 0 Å². The van der Waals surface area contributed by atoms with Gasteiger partial charge in [0.05, 0.1) is 11.2 Å². The summed E-state index contributed by atoms with van der Waals surface area (Å²) in [7, 11) is 0. The fourth-order valence-electron chi connectivity index (χ4n) is 2.24. The molecule has 1 saturated heterocycles. The highest BCUT2D eigenvalue weighted by molar-refractivity contribution is 7.99. The third-order valence-electron chi connectivity index (χ3n) is 3.54. The molecule has 0 radical (unpaired) electrons. The largest absolute Gasteiger partial charge is 0.387 e. The number of nitrogens with one attached hydrogen (secondary N) is 1. The second kappa shape index (κ2) is 5.91. The van der Waals surface area contributed by atoms with Crippen LogP contribution in [0, 0.1) is 0 Å². The Labute approximate surface area is 127 Å².